The lowest BCUT2D eigenvalue weighted by molar-refractivity contribution is 0.360. The molecule has 21 heavy (non-hydrogen) atoms. The molecule has 1 aliphatic heterocycles. The molecule has 1 aromatic rings. The number of aromatic nitrogens is 2. The largest absolute Gasteiger partial charge is 0.407 e. The Balaban J connectivity index is 1.91. The molecule has 0 saturated carbocycles. The van der Waals surface area contributed by atoms with E-state index in [0.717, 1.165) is 0 Å². The van der Waals surface area contributed by atoms with E-state index in [4.69, 9.17) is 4.42 Å². The Morgan fingerprint density at radius 3 is 2.33 bits per heavy atom. The summed E-state index contributed by atoms with van der Waals surface area (Å²) < 4.78 is 30.0. The lowest BCUT2D eigenvalue weighted by atomic mass is 10.1. The van der Waals surface area contributed by atoms with Crippen LogP contribution in [0.5, 0.6) is 0 Å². The number of piperazine rings is 1. The molecule has 0 aliphatic carbocycles. The zero-order valence-corrected chi connectivity index (χ0v) is 13.8. The highest BCUT2D eigenvalue weighted by Gasteiger charge is 2.26. The molecule has 0 radical (unpaired) electrons. The van der Waals surface area contributed by atoms with Gasteiger partial charge in [0.15, 0.2) is 0 Å². The van der Waals surface area contributed by atoms with Crippen LogP contribution in [0.1, 0.15) is 26.7 Å². The first-order valence-electron chi connectivity index (χ1n) is 6.93. The number of nitrogens with one attached hydrogen (secondary N) is 1. The maximum atomic E-state index is 11.5. The Morgan fingerprint density at radius 1 is 1.19 bits per heavy atom. The Hall–Kier alpha value is -1.19. The zero-order chi connectivity index (χ0) is 15.7. The second kappa shape index (κ2) is 5.90. The van der Waals surface area contributed by atoms with Crippen molar-refractivity contribution in [2.24, 2.45) is 0 Å². The van der Waals surface area contributed by atoms with Crippen LogP contribution in [-0.4, -0.2) is 60.9 Å². The van der Waals surface area contributed by atoms with Crippen molar-refractivity contribution in [3.8, 4) is 0 Å². The number of hydrogen-bond acceptors (Lipinski definition) is 7. The van der Waals surface area contributed by atoms with E-state index >= 15 is 0 Å². The van der Waals surface area contributed by atoms with Crippen molar-refractivity contribution in [3.05, 3.63) is 5.89 Å². The lowest BCUT2D eigenvalue weighted by Crippen LogP contribution is -2.48. The van der Waals surface area contributed by atoms with E-state index in [9.17, 15) is 8.42 Å². The van der Waals surface area contributed by atoms with Gasteiger partial charge in [-0.1, -0.05) is 5.10 Å². The fourth-order valence-corrected chi connectivity index (χ4v) is 2.82. The molecule has 0 spiro atoms. The normalized spacial score (nSPS) is 18.2. The summed E-state index contributed by atoms with van der Waals surface area (Å²) in [5.41, 5.74) is -0.0181. The molecule has 9 heteroatoms. The van der Waals surface area contributed by atoms with Gasteiger partial charge < -0.3 is 14.6 Å². The first kappa shape index (κ1) is 16.2. The summed E-state index contributed by atoms with van der Waals surface area (Å²) in [5.74, 6) is 0.533. The lowest BCUT2D eigenvalue weighted by Gasteiger charge is -2.31. The minimum absolute atomic E-state index is 0.0181. The van der Waals surface area contributed by atoms with Gasteiger partial charge in [-0.2, -0.15) is 4.31 Å². The summed E-state index contributed by atoms with van der Waals surface area (Å²) in [6.07, 6.45) is 1.23. The van der Waals surface area contributed by atoms with Gasteiger partial charge in [0.05, 0.1) is 12.8 Å². The van der Waals surface area contributed by atoms with Crippen LogP contribution in [0.3, 0.4) is 0 Å². The van der Waals surface area contributed by atoms with Crippen molar-refractivity contribution in [2.75, 3.05) is 37.3 Å². The average Bonchev–Trinajstić information content (AvgIpc) is 2.83. The van der Waals surface area contributed by atoms with Crippen LogP contribution in [0.4, 0.5) is 6.01 Å². The standard InChI is InChI=1S/C12H23N5O3S/c1-12(2,3)13-9-10-14-15-11(20-10)16-5-7-17(8-6-16)21(4,18)19/h13H,5-9H2,1-4H3. The second-order valence-corrected chi connectivity index (χ2v) is 8.21. The second-order valence-electron chi connectivity index (χ2n) is 6.23. The first-order chi connectivity index (χ1) is 9.65. The van der Waals surface area contributed by atoms with E-state index in [1.54, 1.807) is 0 Å². The molecule has 0 aromatic carbocycles. The Morgan fingerprint density at radius 2 is 1.81 bits per heavy atom. The van der Waals surface area contributed by atoms with Crippen LogP contribution in [0.15, 0.2) is 4.42 Å². The van der Waals surface area contributed by atoms with Gasteiger partial charge in [-0.15, -0.1) is 5.10 Å². The maximum Gasteiger partial charge on any atom is 0.318 e. The Labute approximate surface area is 125 Å². The number of nitrogens with zero attached hydrogens (tertiary/aromatic N) is 4. The van der Waals surface area contributed by atoms with Gasteiger partial charge >= 0.3 is 6.01 Å². The van der Waals surface area contributed by atoms with Crippen LogP contribution in [0.25, 0.3) is 0 Å². The molecule has 2 heterocycles. The number of hydrogen-bond donors (Lipinski definition) is 1. The maximum absolute atomic E-state index is 11.5. The molecule has 0 unspecified atom stereocenters. The van der Waals surface area contributed by atoms with Crippen LogP contribution in [0.2, 0.25) is 0 Å². The van der Waals surface area contributed by atoms with Gasteiger partial charge in [0.2, 0.25) is 15.9 Å². The van der Waals surface area contributed by atoms with Crippen molar-refractivity contribution in [2.45, 2.75) is 32.9 Å². The molecule has 0 bridgehead atoms. The highest BCUT2D eigenvalue weighted by atomic mass is 32.2. The summed E-state index contributed by atoms with van der Waals surface area (Å²) in [4.78, 5) is 1.91. The van der Waals surface area contributed by atoms with Gasteiger partial charge in [-0.05, 0) is 20.8 Å². The third-order valence-corrected chi connectivity index (χ3v) is 4.51. The summed E-state index contributed by atoms with van der Waals surface area (Å²) in [7, 11) is -3.12. The molecule has 1 fully saturated rings. The summed E-state index contributed by atoms with van der Waals surface area (Å²) in [5, 5.41) is 11.3. The predicted molar refractivity (Wildman–Crippen MR) is 79.5 cm³/mol. The van der Waals surface area contributed by atoms with E-state index in [-0.39, 0.29) is 5.54 Å². The van der Waals surface area contributed by atoms with Crippen molar-refractivity contribution < 1.29 is 12.8 Å². The molecule has 1 saturated heterocycles. The average molecular weight is 317 g/mol. The molecule has 8 nitrogen and oxygen atoms in total. The summed E-state index contributed by atoms with van der Waals surface area (Å²) >= 11 is 0. The minimum atomic E-state index is -3.12. The van der Waals surface area contributed by atoms with E-state index in [2.05, 4.69) is 36.3 Å². The van der Waals surface area contributed by atoms with Crippen LogP contribution >= 0.6 is 0 Å². The van der Waals surface area contributed by atoms with Crippen molar-refractivity contribution in [1.82, 2.24) is 19.8 Å². The Kier molecular flexibility index (Phi) is 4.54. The van der Waals surface area contributed by atoms with E-state index < -0.39 is 10.0 Å². The fraction of sp³-hybridized carbons (Fsp3) is 0.833. The van der Waals surface area contributed by atoms with E-state index in [0.29, 0.717) is 44.6 Å². The number of rotatable bonds is 4. The number of anilines is 1. The van der Waals surface area contributed by atoms with Gasteiger partial charge in [-0.3, -0.25) is 0 Å². The first-order valence-corrected chi connectivity index (χ1v) is 8.77. The third kappa shape index (κ3) is 4.65. The molecule has 1 aromatic heterocycles. The predicted octanol–water partition coefficient (Wildman–Crippen LogP) is 0.0393. The van der Waals surface area contributed by atoms with E-state index in [1.807, 2.05) is 4.90 Å². The van der Waals surface area contributed by atoms with Crippen molar-refractivity contribution in [3.63, 3.8) is 0 Å². The van der Waals surface area contributed by atoms with Crippen molar-refractivity contribution in [1.29, 1.82) is 0 Å². The zero-order valence-electron chi connectivity index (χ0n) is 13.0. The van der Waals surface area contributed by atoms with Crippen LogP contribution < -0.4 is 10.2 Å². The topological polar surface area (TPSA) is 91.6 Å². The monoisotopic (exact) mass is 317 g/mol. The van der Waals surface area contributed by atoms with Gasteiger partial charge in [-0.25, -0.2) is 8.42 Å². The Bertz CT molecular complexity index is 570. The van der Waals surface area contributed by atoms with E-state index in [1.165, 1.54) is 10.6 Å². The van der Waals surface area contributed by atoms with Gasteiger partial charge in [0, 0.05) is 31.7 Å². The summed E-state index contributed by atoms with van der Waals surface area (Å²) in [6, 6.07) is 0.453. The van der Waals surface area contributed by atoms with Crippen LogP contribution in [-0.2, 0) is 16.6 Å². The fourth-order valence-electron chi connectivity index (χ4n) is 2.00. The molecular formula is C12H23N5O3S. The molecule has 0 amide bonds. The molecule has 2 rings (SSSR count). The van der Waals surface area contributed by atoms with Gasteiger partial charge in [0.1, 0.15) is 0 Å². The van der Waals surface area contributed by atoms with Gasteiger partial charge in [0.25, 0.3) is 0 Å². The SMILES string of the molecule is CC(C)(C)NCc1nnc(N2CCN(S(C)(=O)=O)CC2)o1. The smallest absolute Gasteiger partial charge is 0.318 e. The summed E-state index contributed by atoms with van der Waals surface area (Å²) in [6.45, 7) is 8.70. The van der Waals surface area contributed by atoms with Crippen LogP contribution in [0, 0.1) is 0 Å². The minimum Gasteiger partial charge on any atom is -0.407 e. The molecule has 120 valence electrons. The highest BCUT2D eigenvalue weighted by molar-refractivity contribution is 7.88. The molecular weight excluding hydrogens is 294 g/mol. The molecule has 1 aliphatic rings. The van der Waals surface area contributed by atoms with Crippen molar-refractivity contribution >= 4 is 16.0 Å². The number of sulfonamides is 1. The quantitative estimate of drug-likeness (QED) is 0.838. The highest BCUT2D eigenvalue weighted by Crippen LogP contribution is 2.16. The molecule has 0 atom stereocenters. The third-order valence-electron chi connectivity index (χ3n) is 3.20. The molecule has 1 N–H and O–H groups in total.